The van der Waals surface area contributed by atoms with Crippen LogP contribution in [-0.2, 0) is 9.47 Å². The summed E-state index contributed by atoms with van der Waals surface area (Å²) in [7, 11) is 0. The van der Waals surface area contributed by atoms with Gasteiger partial charge in [0.25, 0.3) is 0 Å². The zero-order valence-electron chi connectivity index (χ0n) is 10.2. The molecule has 2 aliphatic rings. The van der Waals surface area contributed by atoms with Crippen LogP contribution in [0, 0.1) is 0 Å². The third-order valence-electron chi connectivity index (χ3n) is 2.86. The third kappa shape index (κ3) is 3.32. The van der Waals surface area contributed by atoms with Crippen LogP contribution < -0.4 is 0 Å². The van der Waals surface area contributed by atoms with Crippen molar-refractivity contribution in [3.63, 3.8) is 0 Å². The molecule has 0 aliphatic carbocycles. The van der Waals surface area contributed by atoms with E-state index in [1.165, 1.54) is 0 Å². The van der Waals surface area contributed by atoms with E-state index in [9.17, 15) is 9.59 Å². The highest BCUT2D eigenvalue weighted by molar-refractivity contribution is 5.93. The Labute approximate surface area is 106 Å². The predicted octanol–water partition coefficient (Wildman–Crippen LogP) is 2.57. The number of hydrogen-bond donors (Lipinski definition) is 0. The van der Waals surface area contributed by atoms with Crippen molar-refractivity contribution >= 4 is 11.9 Å². The first-order chi connectivity index (χ1) is 8.77. The fraction of sp³-hybridized carbons (Fsp3) is 0.429. The number of rotatable bonds is 0. The summed E-state index contributed by atoms with van der Waals surface area (Å²) in [5.41, 5.74) is 0.923. The zero-order valence-corrected chi connectivity index (χ0v) is 10.2. The molecule has 2 heterocycles. The van der Waals surface area contributed by atoms with Gasteiger partial charge in [-0.2, -0.15) is 0 Å². The SMILES string of the molecule is O=C1OCCCCCCOC(=O)c2ccc1cc2. The molecule has 0 amide bonds. The van der Waals surface area contributed by atoms with Gasteiger partial charge in [0.1, 0.15) is 0 Å². The van der Waals surface area contributed by atoms with Crippen LogP contribution in [0.25, 0.3) is 0 Å². The Bertz CT molecular complexity index is 381. The number of fused-ring (bicyclic) bond motifs is 11. The van der Waals surface area contributed by atoms with E-state index in [1.54, 1.807) is 24.3 Å². The van der Waals surface area contributed by atoms with Gasteiger partial charge in [-0.05, 0) is 49.9 Å². The van der Waals surface area contributed by atoms with Gasteiger partial charge in [0, 0.05) is 0 Å². The van der Waals surface area contributed by atoms with Gasteiger partial charge < -0.3 is 9.47 Å². The minimum Gasteiger partial charge on any atom is -0.462 e. The average molecular weight is 248 g/mol. The second-order valence-corrected chi connectivity index (χ2v) is 4.26. The molecule has 0 N–H and O–H groups in total. The van der Waals surface area contributed by atoms with Crippen LogP contribution in [-0.4, -0.2) is 25.2 Å². The number of carbonyl (C=O) groups is 2. The number of ether oxygens (including phenoxy) is 2. The Morgan fingerprint density at radius 2 is 1.06 bits per heavy atom. The van der Waals surface area contributed by atoms with E-state index in [2.05, 4.69) is 0 Å². The van der Waals surface area contributed by atoms with E-state index in [4.69, 9.17) is 9.47 Å². The first-order valence-electron chi connectivity index (χ1n) is 6.22. The summed E-state index contributed by atoms with van der Waals surface area (Å²) in [4.78, 5) is 23.3. The average Bonchev–Trinajstić information content (AvgIpc) is 2.40. The number of esters is 2. The molecule has 0 saturated carbocycles. The van der Waals surface area contributed by atoms with Crippen molar-refractivity contribution in [2.45, 2.75) is 25.7 Å². The van der Waals surface area contributed by atoms with Crippen molar-refractivity contribution in [3.05, 3.63) is 35.4 Å². The molecule has 0 atom stereocenters. The lowest BCUT2D eigenvalue weighted by Gasteiger charge is -2.08. The Hall–Kier alpha value is -1.84. The van der Waals surface area contributed by atoms with Crippen LogP contribution in [0.3, 0.4) is 0 Å². The van der Waals surface area contributed by atoms with Crippen molar-refractivity contribution in [2.24, 2.45) is 0 Å². The Kier molecular flexibility index (Phi) is 4.34. The van der Waals surface area contributed by atoms with Crippen LogP contribution in [0.2, 0.25) is 0 Å². The molecule has 0 unspecified atom stereocenters. The molecule has 2 bridgehead atoms. The minimum atomic E-state index is -0.341. The monoisotopic (exact) mass is 248 g/mol. The molecule has 4 heteroatoms. The molecule has 0 radical (unpaired) electrons. The molecule has 0 spiro atoms. The fourth-order valence-electron chi connectivity index (χ4n) is 1.80. The van der Waals surface area contributed by atoms with E-state index in [0.29, 0.717) is 24.3 Å². The topological polar surface area (TPSA) is 52.6 Å². The molecule has 0 saturated heterocycles. The van der Waals surface area contributed by atoms with Crippen LogP contribution in [0.1, 0.15) is 46.4 Å². The summed E-state index contributed by atoms with van der Waals surface area (Å²) in [5.74, 6) is -0.682. The van der Waals surface area contributed by atoms with Gasteiger partial charge in [-0.1, -0.05) is 0 Å². The maximum atomic E-state index is 11.6. The van der Waals surface area contributed by atoms with Gasteiger partial charge in [0.05, 0.1) is 24.3 Å². The molecular formula is C14H16O4. The van der Waals surface area contributed by atoms with Gasteiger partial charge >= 0.3 is 11.9 Å². The first kappa shape index (κ1) is 12.6. The second-order valence-electron chi connectivity index (χ2n) is 4.26. The van der Waals surface area contributed by atoms with E-state index >= 15 is 0 Å². The third-order valence-corrected chi connectivity index (χ3v) is 2.86. The van der Waals surface area contributed by atoms with Crippen LogP contribution >= 0.6 is 0 Å². The minimum absolute atomic E-state index is 0.341. The Morgan fingerprint density at radius 3 is 1.44 bits per heavy atom. The zero-order chi connectivity index (χ0) is 12.8. The lowest BCUT2D eigenvalue weighted by molar-refractivity contribution is 0.0468. The summed E-state index contributed by atoms with van der Waals surface area (Å²) in [6.07, 6.45) is 3.64. The normalized spacial score (nSPS) is 17.8. The van der Waals surface area contributed by atoms with Crippen molar-refractivity contribution < 1.29 is 19.1 Å². The number of carbonyl (C=O) groups excluding carboxylic acids is 2. The fourth-order valence-corrected chi connectivity index (χ4v) is 1.80. The molecule has 96 valence electrons. The summed E-state index contributed by atoms with van der Waals surface area (Å²) in [6, 6.07) is 6.35. The van der Waals surface area contributed by atoms with E-state index < -0.39 is 0 Å². The number of benzene rings is 1. The van der Waals surface area contributed by atoms with Gasteiger partial charge in [-0.3, -0.25) is 0 Å². The molecule has 3 rings (SSSR count). The van der Waals surface area contributed by atoms with Crippen molar-refractivity contribution in [1.82, 2.24) is 0 Å². The van der Waals surface area contributed by atoms with Crippen LogP contribution in [0.5, 0.6) is 0 Å². The Morgan fingerprint density at radius 1 is 0.667 bits per heavy atom. The van der Waals surface area contributed by atoms with E-state index in [-0.39, 0.29) is 11.9 Å². The van der Waals surface area contributed by atoms with Gasteiger partial charge in [-0.15, -0.1) is 0 Å². The highest BCUT2D eigenvalue weighted by Crippen LogP contribution is 2.10. The lowest BCUT2D eigenvalue weighted by atomic mass is 10.1. The van der Waals surface area contributed by atoms with E-state index in [1.807, 2.05) is 0 Å². The summed E-state index contributed by atoms with van der Waals surface area (Å²) >= 11 is 0. The maximum Gasteiger partial charge on any atom is 0.338 e. The smallest absolute Gasteiger partial charge is 0.338 e. The van der Waals surface area contributed by atoms with Crippen LogP contribution in [0.15, 0.2) is 24.3 Å². The molecule has 1 aromatic rings. The molecule has 18 heavy (non-hydrogen) atoms. The summed E-state index contributed by atoms with van der Waals surface area (Å²) in [5, 5.41) is 0. The standard InChI is InChI=1S/C14H16O4/c15-13-11-5-7-12(8-6-11)14(16)18-10-4-2-1-3-9-17-13/h5-8H,1-4,9-10H2. The number of hydrogen-bond acceptors (Lipinski definition) is 4. The van der Waals surface area contributed by atoms with Crippen LogP contribution in [0.4, 0.5) is 0 Å². The highest BCUT2D eigenvalue weighted by Gasteiger charge is 2.11. The first-order valence-corrected chi connectivity index (χ1v) is 6.22. The van der Waals surface area contributed by atoms with Gasteiger partial charge in [-0.25, -0.2) is 9.59 Å². The maximum absolute atomic E-state index is 11.6. The summed E-state index contributed by atoms with van der Waals surface area (Å²) < 4.78 is 10.3. The quantitative estimate of drug-likeness (QED) is 0.662. The highest BCUT2D eigenvalue weighted by atomic mass is 16.5. The molecule has 2 aliphatic heterocycles. The van der Waals surface area contributed by atoms with Gasteiger partial charge in [0.2, 0.25) is 0 Å². The Balaban J connectivity index is 2.13. The van der Waals surface area contributed by atoms with E-state index in [0.717, 1.165) is 25.7 Å². The molecular weight excluding hydrogens is 232 g/mol. The van der Waals surface area contributed by atoms with Crippen molar-refractivity contribution in [1.29, 1.82) is 0 Å². The second kappa shape index (κ2) is 6.19. The predicted molar refractivity (Wildman–Crippen MR) is 65.5 cm³/mol. The lowest BCUT2D eigenvalue weighted by Crippen LogP contribution is -2.10. The largest absolute Gasteiger partial charge is 0.462 e. The van der Waals surface area contributed by atoms with Crippen molar-refractivity contribution in [3.8, 4) is 0 Å². The van der Waals surface area contributed by atoms with Gasteiger partial charge in [0.15, 0.2) is 0 Å². The molecule has 1 aromatic carbocycles. The molecule has 0 aromatic heterocycles. The molecule has 4 nitrogen and oxygen atoms in total. The summed E-state index contributed by atoms with van der Waals surface area (Å²) in [6.45, 7) is 0.890. The molecule has 0 fully saturated rings. The van der Waals surface area contributed by atoms with Crippen molar-refractivity contribution in [2.75, 3.05) is 13.2 Å².